The lowest BCUT2D eigenvalue weighted by Crippen LogP contribution is -1.98. The summed E-state index contributed by atoms with van der Waals surface area (Å²) >= 11 is 10.4. The fourth-order valence-corrected chi connectivity index (χ4v) is 4.18. The molecule has 0 N–H and O–H groups in total. The fourth-order valence-electron chi connectivity index (χ4n) is 2.54. The lowest BCUT2D eigenvalue weighted by molar-refractivity contribution is 0.303. The summed E-state index contributed by atoms with van der Waals surface area (Å²) in [6.07, 6.45) is 1.79. The summed E-state index contributed by atoms with van der Waals surface area (Å²) in [6, 6.07) is 19.7. The summed E-state index contributed by atoms with van der Waals surface area (Å²) in [6.45, 7) is 0.279. The smallest absolute Gasteiger partial charge is 0.141 e. The third kappa shape index (κ3) is 5.32. The van der Waals surface area contributed by atoms with Gasteiger partial charge >= 0.3 is 0 Å². The second-order valence-electron chi connectivity index (χ2n) is 5.90. The van der Waals surface area contributed by atoms with Gasteiger partial charge in [-0.15, -0.1) is 0 Å². The molecule has 0 spiro atoms. The molecule has 2 nitrogen and oxygen atoms in total. The molecule has 0 saturated heterocycles. The molecule has 0 saturated carbocycles. The zero-order chi connectivity index (χ0) is 20.1. The monoisotopic (exact) mass is 563 g/mol. The van der Waals surface area contributed by atoms with E-state index < -0.39 is 0 Å². The number of halogens is 4. The highest BCUT2D eigenvalue weighted by atomic mass is 79.9. The first-order chi connectivity index (χ1) is 13.5. The molecule has 0 heterocycles. The maximum atomic E-state index is 13.1. The Labute approximate surface area is 188 Å². The number of hydrogen-bond donors (Lipinski definition) is 0. The highest BCUT2D eigenvalue weighted by Crippen LogP contribution is 2.36. The standard InChI is InChI=1S/C22H13Br3FNO/c23-18-5-3-15(4-6-18)17(12-27)9-16-10-19(24)11-21(25)22(16)28-13-14-1-7-20(26)8-2-14/h1-11H,13H2/b17-9+. The molecule has 0 aromatic heterocycles. The number of benzene rings is 3. The molecule has 0 amide bonds. The molecule has 0 aliphatic rings. The molecule has 0 fully saturated rings. The Hall–Kier alpha value is -1.94. The van der Waals surface area contributed by atoms with Gasteiger partial charge in [0.05, 0.1) is 16.1 Å². The van der Waals surface area contributed by atoms with Gasteiger partial charge in [-0.2, -0.15) is 5.26 Å². The minimum Gasteiger partial charge on any atom is -0.487 e. The zero-order valence-corrected chi connectivity index (χ0v) is 19.2. The summed E-state index contributed by atoms with van der Waals surface area (Å²) in [5.74, 6) is 0.322. The van der Waals surface area contributed by atoms with Gasteiger partial charge in [-0.3, -0.25) is 0 Å². The summed E-state index contributed by atoms with van der Waals surface area (Å²) in [5.41, 5.74) is 2.93. The second kappa shape index (κ2) is 9.51. The van der Waals surface area contributed by atoms with Gasteiger partial charge in [0.25, 0.3) is 0 Å². The molecule has 3 aromatic carbocycles. The van der Waals surface area contributed by atoms with E-state index in [2.05, 4.69) is 53.9 Å². The van der Waals surface area contributed by atoms with Crippen LogP contribution in [0.4, 0.5) is 4.39 Å². The molecule has 0 unspecified atom stereocenters. The van der Waals surface area contributed by atoms with E-state index in [9.17, 15) is 9.65 Å². The van der Waals surface area contributed by atoms with Gasteiger partial charge in [0.1, 0.15) is 18.2 Å². The van der Waals surface area contributed by atoms with E-state index in [0.29, 0.717) is 11.3 Å². The van der Waals surface area contributed by atoms with E-state index in [1.807, 2.05) is 36.4 Å². The number of nitrogens with zero attached hydrogens (tertiary/aromatic N) is 1. The maximum absolute atomic E-state index is 13.1. The number of rotatable bonds is 5. The first-order valence-electron chi connectivity index (χ1n) is 8.20. The lowest BCUT2D eigenvalue weighted by atomic mass is 10.0. The van der Waals surface area contributed by atoms with Crippen molar-refractivity contribution in [2.45, 2.75) is 6.61 Å². The molecule has 3 aromatic rings. The van der Waals surface area contributed by atoms with Crippen LogP contribution in [-0.4, -0.2) is 0 Å². The Balaban J connectivity index is 1.96. The fraction of sp³-hybridized carbons (Fsp3) is 0.0455. The SMILES string of the molecule is N#C/C(=C\c1cc(Br)cc(Br)c1OCc1ccc(F)cc1)c1ccc(Br)cc1. The van der Waals surface area contributed by atoms with E-state index in [0.717, 1.165) is 30.1 Å². The van der Waals surface area contributed by atoms with Crippen LogP contribution >= 0.6 is 47.8 Å². The minimum atomic E-state index is -0.287. The third-order valence-corrected chi connectivity index (χ3v) is 5.48. The largest absolute Gasteiger partial charge is 0.487 e. The maximum Gasteiger partial charge on any atom is 0.141 e. The van der Waals surface area contributed by atoms with Crippen molar-refractivity contribution in [3.63, 3.8) is 0 Å². The molecule has 28 heavy (non-hydrogen) atoms. The van der Waals surface area contributed by atoms with E-state index in [4.69, 9.17) is 4.74 Å². The highest BCUT2D eigenvalue weighted by Gasteiger charge is 2.11. The van der Waals surface area contributed by atoms with Gasteiger partial charge in [0, 0.05) is 14.5 Å². The minimum absolute atomic E-state index is 0.279. The molecule has 3 rings (SSSR count). The van der Waals surface area contributed by atoms with Crippen molar-refractivity contribution in [1.82, 2.24) is 0 Å². The van der Waals surface area contributed by atoms with Crippen LogP contribution in [-0.2, 0) is 6.61 Å². The van der Waals surface area contributed by atoms with Crippen LogP contribution in [0.3, 0.4) is 0 Å². The van der Waals surface area contributed by atoms with Crippen LogP contribution in [0, 0.1) is 17.1 Å². The first kappa shape index (κ1) is 20.8. The Morgan fingerprint density at radius 3 is 2.29 bits per heavy atom. The third-order valence-electron chi connectivity index (χ3n) is 3.91. The van der Waals surface area contributed by atoms with E-state index in [1.54, 1.807) is 18.2 Å². The van der Waals surface area contributed by atoms with Gasteiger partial charge in [-0.25, -0.2) is 4.39 Å². The predicted molar refractivity (Wildman–Crippen MR) is 120 cm³/mol. The number of allylic oxidation sites excluding steroid dienone is 1. The molecule has 6 heteroatoms. The zero-order valence-electron chi connectivity index (χ0n) is 14.4. The lowest BCUT2D eigenvalue weighted by Gasteiger charge is -2.13. The summed E-state index contributed by atoms with van der Waals surface area (Å²) in [4.78, 5) is 0. The Morgan fingerprint density at radius 1 is 0.964 bits per heavy atom. The quantitative estimate of drug-likeness (QED) is 0.234. The molecule has 0 bridgehead atoms. The van der Waals surface area contributed by atoms with Crippen molar-refractivity contribution >= 4 is 59.4 Å². The average molecular weight is 566 g/mol. The molecule has 0 radical (unpaired) electrons. The summed E-state index contributed by atoms with van der Waals surface area (Å²) in [5, 5.41) is 9.64. The Bertz CT molecular complexity index is 1050. The Kier molecular flexibility index (Phi) is 7.06. The van der Waals surface area contributed by atoms with E-state index in [1.165, 1.54) is 12.1 Å². The average Bonchev–Trinajstić information content (AvgIpc) is 2.67. The van der Waals surface area contributed by atoms with Crippen LogP contribution in [0.1, 0.15) is 16.7 Å². The topological polar surface area (TPSA) is 33.0 Å². The number of hydrogen-bond acceptors (Lipinski definition) is 2. The van der Waals surface area contributed by atoms with Gasteiger partial charge in [0.2, 0.25) is 0 Å². The van der Waals surface area contributed by atoms with Crippen LogP contribution in [0.5, 0.6) is 5.75 Å². The van der Waals surface area contributed by atoms with Crippen LogP contribution in [0.25, 0.3) is 11.6 Å². The van der Waals surface area contributed by atoms with Gasteiger partial charge < -0.3 is 4.74 Å². The molecular weight excluding hydrogens is 553 g/mol. The van der Waals surface area contributed by atoms with Crippen molar-refractivity contribution in [3.8, 4) is 11.8 Å². The highest BCUT2D eigenvalue weighted by molar-refractivity contribution is 9.11. The second-order valence-corrected chi connectivity index (χ2v) is 8.58. The van der Waals surface area contributed by atoms with Crippen molar-refractivity contribution in [2.75, 3.05) is 0 Å². The van der Waals surface area contributed by atoms with Gasteiger partial charge in [0.15, 0.2) is 0 Å². The van der Waals surface area contributed by atoms with Crippen molar-refractivity contribution in [1.29, 1.82) is 5.26 Å². The van der Waals surface area contributed by atoms with Crippen LogP contribution < -0.4 is 4.74 Å². The van der Waals surface area contributed by atoms with Crippen LogP contribution in [0.15, 0.2) is 74.1 Å². The molecular formula is C22H13Br3FNO. The molecule has 140 valence electrons. The van der Waals surface area contributed by atoms with E-state index in [-0.39, 0.29) is 12.4 Å². The van der Waals surface area contributed by atoms with Crippen molar-refractivity contribution in [3.05, 3.63) is 96.6 Å². The number of nitriles is 1. The van der Waals surface area contributed by atoms with E-state index >= 15 is 0 Å². The Morgan fingerprint density at radius 2 is 1.64 bits per heavy atom. The molecule has 0 aliphatic carbocycles. The summed E-state index contributed by atoms with van der Waals surface area (Å²) in [7, 11) is 0. The van der Waals surface area contributed by atoms with Crippen molar-refractivity contribution in [2.24, 2.45) is 0 Å². The van der Waals surface area contributed by atoms with Crippen molar-refractivity contribution < 1.29 is 9.13 Å². The first-order valence-corrected chi connectivity index (χ1v) is 10.6. The summed E-state index contributed by atoms with van der Waals surface area (Å²) < 4.78 is 21.6. The van der Waals surface area contributed by atoms with Crippen LogP contribution in [0.2, 0.25) is 0 Å². The number of ether oxygens (including phenoxy) is 1. The van der Waals surface area contributed by atoms with Gasteiger partial charge in [-0.1, -0.05) is 56.1 Å². The predicted octanol–water partition coefficient (Wildman–Crippen LogP) is 7.76. The van der Waals surface area contributed by atoms with Gasteiger partial charge in [-0.05, 0) is 69.5 Å². The molecule has 0 aliphatic heterocycles. The normalized spacial score (nSPS) is 11.2. The molecule has 0 atom stereocenters.